The Morgan fingerprint density at radius 1 is 1.05 bits per heavy atom. The highest BCUT2D eigenvalue weighted by atomic mass is 79.9. The maximum atomic E-state index is 8.71. The minimum absolute atomic E-state index is 0.637. The molecule has 0 radical (unpaired) electrons. The van der Waals surface area contributed by atoms with Crippen molar-refractivity contribution in [1.29, 1.82) is 5.26 Å². The van der Waals surface area contributed by atoms with Crippen LogP contribution in [0.15, 0.2) is 64.1 Å². The molecule has 0 amide bonds. The molecule has 0 saturated heterocycles. The summed E-state index contributed by atoms with van der Waals surface area (Å²) in [4.78, 5) is 4.33. The molecule has 0 spiro atoms. The van der Waals surface area contributed by atoms with E-state index in [1.165, 1.54) is 0 Å². The predicted octanol–water partition coefficient (Wildman–Crippen LogP) is 4.70. The van der Waals surface area contributed by atoms with Gasteiger partial charge in [0.1, 0.15) is 0 Å². The fourth-order valence-corrected chi connectivity index (χ4v) is 1.87. The Hall–Kier alpha value is -2.18. The number of halogens is 1. The van der Waals surface area contributed by atoms with E-state index in [0.717, 1.165) is 15.7 Å². The summed E-state index contributed by atoms with van der Waals surface area (Å²) in [6, 6.07) is 19.2. The van der Waals surface area contributed by atoms with Crippen LogP contribution in [0.2, 0.25) is 0 Å². The first-order valence-corrected chi connectivity index (χ1v) is 6.54. The highest BCUT2D eigenvalue weighted by Gasteiger charge is 1.92. The second-order valence-electron chi connectivity index (χ2n) is 3.86. The lowest BCUT2D eigenvalue weighted by Gasteiger charge is -1.95. The third-order valence-electron chi connectivity index (χ3n) is 2.44. The van der Waals surface area contributed by atoms with Gasteiger partial charge in [0.15, 0.2) is 0 Å². The van der Waals surface area contributed by atoms with Crippen molar-refractivity contribution in [3.05, 3.63) is 70.2 Å². The second-order valence-corrected chi connectivity index (χ2v) is 4.77. The fourth-order valence-electron chi connectivity index (χ4n) is 1.50. The minimum Gasteiger partial charge on any atom is -0.256 e. The van der Waals surface area contributed by atoms with E-state index in [9.17, 15) is 0 Å². The van der Waals surface area contributed by atoms with E-state index < -0.39 is 0 Å². The largest absolute Gasteiger partial charge is 0.256 e. The quantitative estimate of drug-likeness (QED) is 0.757. The van der Waals surface area contributed by atoms with Gasteiger partial charge in [-0.25, -0.2) is 0 Å². The summed E-state index contributed by atoms with van der Waals surface area (Å²) in [5.74, 6) is 0. The van der Waals surface area contributed by atoms with Gasteiger partial charge in [-0.2, -0.15) is 5.26 Å². The van der Waals surface area contributed by atoms with Gasteiger partial charge in [0, 0.05) is 10.7 Å². The Morgan fingerprint density at radius 3 is 2.37 bits per heavy atom. The van der Waals surface area contributed by atoms with Crippen LogP contribution in [-0.2, 0) is 0 Å². The zero-order valence-corrected chi connectivity index (χ0v) is 11.7. The highest BCUT2D eigenvalue weighted by Crippen LogP contribution is 2.15. The molecule has 0 saturated carbocycles. The molecule has 92 valence electrons. The van der Waals surface area contributed by atoms with E-state index in [1.54, 1.807) is 18.3 Å². The Bertz CT molecular complexity index is 635. The smallest absolute Gasteiger partial charge is 0.0991 e. The Labute approximate surface area is 120 Å². The monoisotopic (exact) mass is 310 g/mol. The molecule has 0 bridgehead atoms. The van der Waals surface area contributed by atoms with Crippen molar-refractivity contribution >= 4 is 33.9 Å². The molecule has 0 atom stereocenters. The van der Waals surface area contributed by atoms with Crippen molar-refractivity contribution in [2.45, 2.75) is 0 Å². The molecule has 2 aromatic carbocycles. The molecule has 0 fully saturated rings. The number of aliphatic imine (C=N–C) groups is 1. The standard InChI is InChI=1S/C16H11BrN2/c17-15(10-13-4-2-1-3-5-13)12-19-16-8-6-14(11-18)7-9-16/h1-10,12H/b15-10-,19-12?. The lowest BCUT2D eigenvalue weighted by molar-refractivity contribution is 1.47. The first-order chi connectivity index (χ1) is 9.28. The van der Waals surface area contributed by atoms with E-state index in [-0.39, 0.29) is 0 Å². The molecule has 0 aromatic heterocycles. The molecular weight excluding hydrogens is 300 g/mol. The van der Waals surface area contributed by atoms with E-state index in [4.69, 9.17) is 5.26 Å². The SMILES string of the molecule is N#Cc1ccc(N=C/C(Br)=C/c2ccccc2)cc1. The van der Waals surface area contributed by atoms with Gasteiger partial charge in [-0.3, -0.25) is 4.99 Å². The van der Waals surface area contributed by atoms with Crippen molar-refractivity contribution < 1.29 is 0 Å². The number of nitrogens with zero attached hydrogens (tertiary/aromatic N) is 2. The topological polar surface area (TPSA) is 36.1 Å². The second kappa shape index (κ2) is 6.67. The van der Waals surface area contributed by atoms with Gasteiger partial charge < -0.3 is 0 Å². The highest BCUT2D eigenvalue weighted by molar-refractivity contribution is 9.12. The van der Waals surface area contributed by atoms with Crippen molar-refractivity contribution in [3.63, 3.8) is 0 Å². The summed E-state index contributed by atoms with van der Waals surface area (Å²) in [5.41, 5.74) is 2.57. The van der Waals surface area contributed by atoms with Gasteiger partial charge in [0.2, 0.25) is 0 Å². The van der Waals surface area contributed by atoms with Gasteiger partial charge in [-0.05, 0) is 51.8 Å². The molecule has 0 aliphatic rings. The molecule has 0 unspecified atom stereocenters. The predicted molar refractivity (Wildman–Crippen MR) is 82.7 cm³/mol. The Morgan fingerprint density at radius 2 is 1.74 bits per heavy atom. The lowest BCUT2D eigenvalue weighted by Crippen LogP contribution is -1.76. The Balaban J connectivity index is 2.09. The first-order valence-electron chi connectivity index (χ1n) is 5.74. The molecule has 2 nitrogen and oxygen atoms in total. The van der Waals surface area contributed by atoms with Crippen LogP contribution >= 0.6 is 15.9 Å². The third-order valence-corrected chi connectivity index (χ3v) is 2.87. The van der Waals surface area contributed by atoms with E-state index >= 15 is 0 Å². The Kier molecular flexibility index (Phi) is 4.66. The fraction of sp³-hybridized carbons (Fsp3) is 0. The van der Waals surface area contributed by atoms with E-state index in [0.29, 0.717) is 5.56 Å². The summed E-state index contributed by atoms with van der Waals surface area (Å²) >= 11 is 3.46. The van der Waals surface area contributed by atoms with Crippen LogP contribution in [0.3, 0.4) is 0 Å². The van der Waals surface area contributed by atoms with Crippen LogP contribution < -0.4 is 0 Å². The van der Waals surface area contributed by atoms with Crippen molar-refractivity contribution in [2.75, 3.05) is 0 Å². The number of benzene rings is 2. The molecule has 0 N–H and O–H groups in total. The summed E-state index contributed by atoms with van der Waals surface area (Å²) in [5, 5.41) is 8.71. The number of rotatable bonds is 3. The van der Waals surface area contributed by atoms with E-state index in [2.05, 4.69) is 27.0 Å². The van der Waals surface area contributed by atoms with Crippen molar-refractivity contribution in [3.8, 4) is 6.07 Å². The van der Waals surface area contributed by atoms with Crippen LogP contribution in [-0.4, -0.2) is 6.21 Å². The summed E-state index contributed by atoms with van der Waals surface area (Å²) in [6.45, 7) is 0. The van der Waals surface area contributed by atoms with Crippen molar-refractivity contribution in [1.82, 2.24) is 0 Å². The summed E-state index contributed by atoms with van der Waals surface area (Å²) in [7, 11) is 0. The molecular formula is C16H11BrN2. The van der Waals surface area contributed by atoms with Crippen LogP contribution in [0.1, 0.15) is 11.1 Å². The molecule has 3 heteroatoms. The minimum atomic E-state index is 0.637. The zero-order valence-electron chi connectivity index (χ0n) is 10.1. The lowest BCUT2D eigenvalue weighted by atomic mass is 10.2. The molecule has 0 aliphatic carbocycles. The number of nitriles is 1. The molecule has 19 heavy (non-hydrogen) atoms. The van der Waals surface area contributed by atoms with Crippen molar-refractivity contribution in [2.24, 2.45) is 4.99 Å². The van der Waals surface area contributed by atoms with Gasteiger partial charge in [0.25, 0.3) is 0 Å². The summed E-state index contributed by atoms with van der Waals surface area (Å²) in [6.07, 6.45) is 3.74. The maximum absolute atomic E-state index is 8.71. The maximum Gasteiger partial charge on any atom is 0.0991 e. The van der Waals surface area contributed by atoms with Crippen LogP contribution in [0.25, 0.3) is 6.08 Å². The van der Waals surface area contributed by atoms with Crippen LogP contribution in [0, 0.1) is 11.3 Å². The zero-order chi connectivity index (χ0) is 13.5. The normalized spacial score (nSPS) is 11.5. The third kappa shape index (κ3) is 4.20. The molecule has 2 rings (SSSR count). The molecule has 0 heterocycles. The average Bonchev–Trinajstić information content (AvgIpc) is 2.47. The first kappa shape index (κ1) is 13.3. The van der Waals surface area contributed by atoms with Gasteiger partial charge in [-0.15, -0.1) is 0 Å². The van der Waals surface area contributed by atoms with Gasteiger partial charge in [0.05, 0.1) is 17.3 Å². The van der Waals surface area contributed by atoms with Gasteiger partial charge in [-0.1, -0.05) is 30.3 Å². The number of hydrogen-bond donors (Lipinski definition) is 0. The molecule has 2 aromatic rings. The summed E-state index contributed by atoms with van der Waals surface area (Å²) < 4.78 is 0.892. The number of hydrogen-bond acceptors (Lipinski definition) is 2. The van der Waals surface area contributed by atoms with Crippen LogP contribution in [0.5, 0.6) is 0 Å². The average molecular weight is 311 g/mol. The number of allylic oxidation sites excluding steroid dienone is 1. The van der Waals surface area contributed by atoms with Crippen LogP contribution in [0.4, 0.5) is 5.69 Å². The molecule has 0 aliphatic heterocycles. The van der Waals surface area contributed by atoms with Gasteiger partial charge >= 0.3 is 0 Å². The van der Waals surface area contributed by atoms with E-state index in [1.807, 2.05) is 48.5 Å².